The fourth-order valence-electron chi connectivity index (χ4n) is 4.38. The van der Waals surface area contributed by atoms with Crippen molar-refractivity contribution >= 4 is 24.3 Å². The zero-order chi connectivity index (χ0) is 23.1. The zero-order valence-electron chi connectivity index (χ0n) is 19.5. The van der Waals surface area contributed by atoms with Crippen LogP contribution >= 0.6 is 7.60 Å². The van der Waals surface area contributed by atoms with Gasteiger partial charge in [-0.05, 0) is 62.1 Å². The number of rotatable bonds is 10. The van der Waals surface area contributed by atoms with E-state index < -0.39 is 25.3 Å². The third kappa shape index (κ3) is 5.72. The molecule has 0 saturated heterocycles. The van der Waals surface area contributed by atoms with Crippen molar-refractivity contribution in [1.82, 2.24) is 0 Å². The van der Waals surface area contributed by atoms with Crippen LogP contribution in [-0.4, -0.2) is 32.1 Å². The fourth-order valence-corrected chi connectivity index (χ4v) is 6.51. The minimum absolute atomic E-state index is 0.0205. The Balaban J connectivity index is 1.84. The highest BCUT2D eigenvalue weighted by Gasteiger charge is 2.45. The average molecular weight is 463 g/mol. The summed E-state index contributed by atoms with van der Waals surface area (Å²) in [7, 11) is -1.95. The minimum Gasteiger partial charge on any atom is -0.497 e. The lowest BCUT2D eigenvalue weighted by molar-refractivity contribution is -0.150. The highest BCUT2D eigenvalue weighted by Crippen LogP contribution is 2.58. The summed E-state index contributed by atoms with van der Waals surface area (Å²) >= 11 is 0. The van der Waals surface area contributed by atoms with E-state index >= 15 is 0 Å². The van der Waals surface area contributed by atoms with Gasteiger partial charge in [0.1, 0.15) is 5.75 Å². The predicted molar refractivity (Wildman–Crippen MR) is 126 cm³/mol. The Kier molecular flexibility index (Phi) is 8.75. The first-order valence-corrected chi connectivity index (χ1v) is 13.2. The van der Waals surface area contributed by atoms with E-state index in [1.807, 2.05) is 43.3 Å². The lowest BCUT2D eigenvalue weighted by atomic mass is 9.89. The molecule has 0 aromatic heterocycles. The lowest BCUT2D eigenvalue weighted by Crippen LogP contribution is -2.32. The summed E-state index contributed by atoms with van der Waals surface area (Å²) in [5.74, 6) is -1.02. The van der Waals surface area contributed by atoms with Crippen molar-refractivity contribution in [2.45, 2.75) is 64.6 Å². The van der Waals surface area contributed by atoms with Gasteiger partial charge in [0.2, 0.25) is 5.85 Å². The number of benzene rings is 2. The summed E-state index contributed by atoms with van der Waals surface area (Å²) in [5, 5.41) is 2.05. The summed E-state index contributed by atoms with van der Waals surface area (Å²) in [6.07, 6.45) is 4.91. The molecule has 32 heavy (non-hydrogen) atoms. The highest BCUT2D eigenvalue weighted by molar-refractivity contribution is 7.54. The van der Waals surface area contributed by atoms with Gasteiger partial charge in [0.15, 0.2) is 0 Å². The van der Waals surface area contributed by atoms with E-state index in [-0.39, 0.29) is 19.1 Å². The van der Waals surface area contributed by atoms with Crippen molar-refractivity contribution in [3.05, 3.63) is 42.0 Å². The van der Waals surface area contributed by atoms with Crippen LogP contribution in [-0.2, 0) is 23.1 Å². The van der Waals surface area contributed by atoms with Crippen molar-refractivity contribution in [1.29, 1.82) is 0 Å². The largest absolute Gasteiger partial charge is 0.497 e. The number of hydrogen-bond donors (Lipinski definition) is 0. The molecule has 7 heteroatoms. The highest BCUT2D eigenvalue weighted by atomic mass is 31.2. The Labute approximate surface area is 191 Å². The van der Waals surface area contributed by atoms with Gasteiger partial charge in [0.25, 0.3) is 0 Å². The molecule has 1 aliphatic carbocycles. The number of carbonyl (C=O) groups is 1. The first-order valence-electron chi connectivity index (χ1n) is 11.6. The van der Waals surface area contributed by atoms with Crippen LogP contribution in [0.3, 0.4) is 0 Å². The Morgan fingerprint density at radius 2 is 1.62 bits per heavy atom. The van der Waals surface area contributed by atoms with Gasteiger partial charge in [-0.2, -0.15) is 0 Å². The van der Waals surface area contributed by atoms with Crippen molar-refractivity contribution in [2.75, 3.05) is 20.3 Å². The van der Waals surface area contributed by atoms with Gasteiger partial charge in [0.05, 0.1) is 26.2 Å². The Morgan fingerprint density at radius 3 is 2.25 bits per heavy atom. The van der Waals surface area contributed by atoms with E-state index in [2.05, 4.69) is 0 Å². The van der Waals surface area contributed by atoms with Crippen LogP contribution < -0.4 is 4.74 Å². The minimum atomic E-state index is -3.59. The van der Waals surface area contributed by atoms with E-state index in [9.17, 15) is 9.36 Å². The van der Waals surface area contributed by atoms with Crippen LogP contribution in [0.2, 0.25) is 0 Å². The maximum absolute atomic E-state index is 13.6. The molecule has 2 aromatic carbocycles. The van der Waals surface area contributed by atoms with Crippen molar-refractivity contribution < 1.29 is 27.9 Å². The Hall–Kier alpha value is -1.88. The van der Waals surface area contributed by atoms with Crippen LogP contribution in [0.25, 0.3) is 10.8 Å². The second-order valence-electron chi connectivity index (χ2n) is 8.30. The van der Waals surface area contributed by atoms with E-state index in [4.69, 9.17) is 18.5 Å². The molecule has 0 bridgehead atoms. The maximum atomic E-state index is 13.6. The van der Waals surface area contributed by atoms with Crippen LogP contribution in [0, 0.1) is 5.92 Å². The van der Waals surface area contributed by atoms with Crippen molar-refractivity contribution in [2.24, 2.45) is 5.92 Å². The van der Waals surface area contributed by atoms with Crippen molar-refractivity contribution in [3.8, 4) is 5.75 Å². The summed E-state index contributed by atoms with van der Waals surface area (Å²) in [4.78, 5) is 13.2. The number of hydrogen-bond acceptors (Lipinski definition) is 6. The van der Waals surface area contributed by atoms with E-state index in [1.54, 1.807) is 21.0 Å². The molecule has 6 nitrogen and oxygen atoms in total. The number of carbonyl (C=O) groups excluding carboxylic acids is 1. The molecule has 0 N–H and O–H groups in total. The first kappa shape index (κ1) is 24.8. The normalized spacial score (nSPS) is 17.1. The summed E-state index contributed by atoms with van der Waals surface area (Å²) in [5.41, 5.74) is 0.845. The number of fused-ring (bicyclic) bond motifs is 1. The SMILES string of the molecule is CCOP(=O)(OCC)[C@H](OC(=O)[C@@H](C)c1ccc2cc(OC)ccc2c1)C1CCCCC1. The molecule has 2 atom stereocenters. The molecule has 1 aliphatic rings. The summed E-state index contributed by atoms with van der Waals surface area (Å²) in [6, 6.07) is 11.7. The van der Waals surface area contributed by atoms with Gasteiger partial charge in [-0.1, -0.05) is 43.5 Å². The number of esters is 1. The zero-order valence-corrected chi connectivity index (χ0v) is 20.4. The van der Waals surface area contributed by atoms with Gasteiger partial charge >= 0.3 is 13.6 Å². The average Bonchev–Trinajstić information content (AvgIpc) is 2.82. The molecule has 0 amide bonds. The second-order valence-corrected chi connectivity index (χ2v) is 10.4. The third-order valence-corrected chi connectivity index (χ3v) is 8.53. The standard InChI is InChI=1S/C25H35O6P/c1-5-29-32(27,30-6-2)25(19-10-8-7-9-11-19)31-24(26)18(3)20-12-13-22-17-23(28-4)15-14-21(22)16-20/h12-19,25H,5-11H2,1-4H3/t18-,25-/m0/s1. The third-order valence-electron chi connectivity index (χ3n) is 6.14. The molecule has 1 saturated carbocycles. The molecule has 1 fully saturated rings. The number of methoxy groups -OCH3 is 1. The molecule has 0 heterocycles. The molecular weight excluding hydrogens is 427 g/mol. The fraction of sp³-hybridized carbons (Fsp3) is 0.560. The maximum Gasteiger partial charge on any atom is 0.371 e. The Morgan fingerprint density at radius 1 is 1.00 bits per heavy atom. The first-order chi connectivity index (χ1) is 15.4. The molecule has 176 valence electrons. The quantitative estimate of drug-likeness (QED) is 0.290. The van der Waals surface area contributed by atoms with Crippen molar-refractivity contribution in [3.63, 3.8) is 0 Å². The predicted octanol–water partition coefficient (Wildman–Crippen LogP) is 6.67. The topological polar surface area (TPSA) is 71.1 Å². The lowest BCUT2D eigenvalue weighted by Gasteiger charge is -2.34. The molecule has 0 unspecified atom stereocenters. The van der Waals surface area contributed by atoms with Gasteiger partial charge in [0, 0.05) is 5.92 Å². The van der Waals surface area contributed by atoms with Gasteiger partial charge < -0.3 is 18.5 Å². The van der Waals surface area contributed by atoms with Crippen LogP contribution in [0.5, 0.6) is 5.75 Å². The second kappa shape index (κ2) is 11.3. The Bertz CT molecular complexity index is 943. The molecule has 0 radical (unpaired) electrons. The molecule has 0 spiro atoms. The van der Waals surface area contributed by atoms with Gasteiger partial charge in [-0.3, -0.25) is 9.36 Å². The summed E-state index contributed by atoms with van der Waals surface area (Å²) in [6.45, 7) is 5.84. The molecule has 0 aliphatic heterocycles. The monoisotopic (exact) mass is 462 g/mol. The van der Waals surface area contributed by atoms with Gasteiger partial charge in [-0.25, -0.2) is 0 Å². The number of ether oxygens (including phenoxy) is 2. The molecular formula is C25H35O6P. The van der Waals surface area contributed by atoms with Crippen LogP contribution in [0.1, 0.15) is 64.4 Å². The van der Waals surface area contributed by atoms with E-state index in [0.29, 0.717) is 0 Å². The smallest absolute Gasteiger partial charge is 0.371 e. The van der Waals surface area contributed by atoms with E-state index in [0.717, 1.165) is 54.2 Å². The van der Waals surface area contributed by atoms with Gasteiger partial charge in [-0.15, -0.1) is 0 Å². The van der Waals surface area contributed by atoms with E-state index in [1.165, 1.54) is 0 Å². The molecule has 2 aromatic rings. The molecule has 3 rings (SSSR count). The summed E-state index contributed by atoms with van der Waals surface area (Å²) < 4.78 is 36.0. The van der Waals surface area contributed by atoms with Crippen LogP contribution in [0.15, 0.2) is 36.4 Å². The van der Waals surface area contributed by atoms with Crippen LogP contribution in [0.4, 0.5) is 0 Å².